The monoisotopic (exact) mass is 321 g/mol. The van der Waals surface area contributed by atoms with Gasteiger partial charge in [0.15, 0.2) is 0 Å². The summed E-state index contributed by atoms with van der Waals surface area (Å²) in [4.78, 5) is 26.9. The van der Waals surface area contributed by atoms with Gasteiger partial charge in [0.25, 0.3) is 0 Å². The maximum absolute atomic E-state index is 11.8. The van der Waals surface area contributed by atoms with E-state index in [1.165, 1.54) is 9.79 Å². The number of nitrogens with zero attached hydrogens (tertiary/aromatic N) is 1. The minimum Gasteiger partial charge on any atom is -0.480 e. The normalized spacial score (nSPS) is 15.8. The van der Waals surface area contributed by atoms with Crippen LogP contribution in [-0.2, 0) is 9.59 Å². The largest absolute Gasteiger partial charge is 0.480 e. The van der Waals surface area contributed by atoms with E-state index < -0.39 is 5.97 Å². The fourth-order valence-corrected chi connectivity index (χ4v) is 3.51. The van der Waals surface area contributed by atoms with Crippen molar-refractivity contribution in [3.63, 3.8) is 0 Å². The van der Waals surface area contributed by atoms with E-state index in [1.807, 2.05) is 25.6 Å². The van der Waals surface area contributed by atoms with Crippen molar-refractivity contribution in [3.05, 3.63) is 24.3 Å². The Morgan fingerprint density at radius 3 is 2.14 bits per heavy atom. The summed E-state index contributed by atoms with van der Waals surface area (Å²) in [7, 11) is 0. The van der Waals surface area contributed by atoms with Gasteiger partial charge in [-0.3, -0.25) is 9.59 Å². The highest BCUT2D eigenvalue weighted by atomic mass is 32.2. The zero-order valence-corrected chi connectivity index (χ0v) is 13.9. The van der Waals surface area contributed by atoms with E-state index in [0.717, 1.165) is 25.7 Å². The summed E-state index contributed by atoms with van der Waals surface area (Å²) in [5.74, 6) is -1.08. The molecule has 2 bridgehead atoms. The van der Waals surface area contributed by atoms with Crippen molar-refractivity contribution < 1.29 is 14.7 Å². The standard InChI is InChI=1S/C11H19NO3.C6H4S/c1-8(2)11(15)12(7-10(13)14)9-5-3-4-6-9;1-2-5-4-6(3-1)7-5/h8-9H,3-7H2,1-2H3,(H,13,14);1-4H. The minimum atomic E-state index is -0.920. The van der Waals surface area contributed by atoms with Gasteiger partial charge in [-0.05, 0) is 31.0 Å². The molecule has 3 aliphatic rings. The summed E-state index contributed by atoms with van der Waals surface area (Å²) in [5, 5.41) is 8.78. The van der Waals surface area contributed by atoms with Gasteiger partial charge >= 0.3 is 5.97 Å². The molecule has 1 fully saturated rings. The Hall–Kier alpha value is -1.49. The smallest absolute Gasteiger partial charge is 0.323 e. The van der Waals surface area contributed by atoms with Gasteiger partial charge in [0.1, 0.15) is 6.54 Å². The summed E-state index contributed by atoms with van der Waals surface area (Å²) in [5.41, 5.74) is 0. The molecule has 1 saturated carbocycles. The molecule has 4 nitrogen and oxygen atoms in total. The lowest BCUT2D eigenvalue weighted by molar-refractivity contribution is -0.147. The average molecular weight is 321 g/mol. The van der Waals surface area contributed by atoms with Gasteiger partial charge in [-0.2, -0.15) is 0 Å². The minimum absolute atomic E-state index is 0.0377. The van der Waals surface area contributed by atoms with Crippen LogP contribution in [0.4, 0.5) is 0 Å². The van der Waals surface area contributed by atoms with Crippen LogP contribution in [0.25, 0.3) is 0 Å². The van der Waals surface area contributed by atoms with E-state index in [0.29, 0.717) is 0 Å². The lowest BCUT2D eigenvalue weighted by Gasteiger charge is -2.28. The van der Waals surface area contributed by atoms with Gasteiger partial charge in [0.2, 0.25) is 5.91 Å². The van der Waals surface area contributed by atoms with Crippen LogP contribution in [0.3, 0.4) is 0 Å². The zero-order chi connectivity index (χ0) is 16.1. The fraction of sp³-hybridized carbons (Fsp3) is 0.529. The van der Waals surface area contributed by atoms with Gasteiger partial charge < -0.3 is 10.0 Å². The van der Waals surface area contributed by atoms with Crippen LogP contribution in [0.1, 0.15) is 39.5 Å². The van der Waals surface area contributed by atoms with E-state index in [9.17, 15) is 9.59 Å². The summed E-state index contributed by atoms with van der Waals surface area (Å²) in [6.45, 7) is 3.47. The summed E-state index contributed by atoms with van der Waals surface area (Å²) in [6.07, 6.45) is 4.11. The lowest BCUT2D eigenvalue weighted by atomic mass is 10.1. The maximum Gasteiger partial charge on any atom is 0.323 e. The highest BCUT2D eigenvalue weighted by molar-refractivity contribution is 8.00. The van der Waals surface area contributed by atoms with E-state index in [2.05, 4.69) is 24.3 Å². The van der Waals surface area contributed by atoms with Crippen LogP contribution in [0, 0.1) is 5.92 Å². The first-order valence-corrected chi connectivity index (χ1v) is 8.59. The topological polar surface area (TPSA) is 57.6 Å². The molecule has 4 rings (SSSR count). The Morgan fingerprint density at radius 2 is 1.82 bits per heavy atom. The second-order valence-corrected chi connectivity index (χ2v) is 7.18. The fourth-order valence-electron chi connectivity index (χ4n) is 2.76. The summed E-state index contributed by atoms with van der Waals surface area (Å²) >= 11 is 1.85. The van der Waals surface area contributed by atoms with Crippen molar-refractivity contribution in [1.82, 2.24) is 4.90 Å². The number of hydrogen-bond donors (Lipinski definition) is 1. The number of carbonyl (C=O) groups excluding carboxylic acids is 1. The molecule has 1 amide bonds. The molecule has 0 saturated heterocycles. The molecule has 2 aliphatic heterocycles. The Balaban J connectivity index is 0.000000205. The SMILES string of the molecule is CC(C)C(=O)N(CC(=O)O)C1CCCC1.c1cc2cc(c1)S2. The van der Waals surface area contributed by atoms with Gasteiger partial charge in [-0.15, -0.1) is 0 Å². The Bertz CT molecular complexity index is 514. The van der Waals surface area contributed by atoms with Crippen LogP contribution >= 0.6 is 11.8 Å². The Kier molecular flexibility index (Phi) is 5.89. The van der Waals surface area contributed by atoms with Gasteiger partial charge in [0, 0.05) is 21.8 Å². The molecule has 1 aromatic carbocycles. The van der Waals surface area contributed by atoms with E-state index in [4.69, 9.17) is 5.11 Å². The number of carboxylic acids is 1. The summed E-state index contributed by atoms with van der Waals surface area (Å²) < 4.78 is 0. The molecule has 2 heterocycles. The molecule has 1 aromatic rings. The number of carbonyl (C=O) groups is 2. The highest BCUT2D eigenvalue weighted by Crippen LogP contribution is 2.37. The molecular weight excluding hydrogens is 298 g/mol. The predicted molar refractivity (Wildman–Crippen MR) is 87.0 cm³/mol. The van der Waals surface area contributed by atoms with Gasteiger partial charge in [-0.25, -0.2) is 0 Å². The second-order valence-electron chi connectivity index (χ2n) is 6.03. The second kappa shape index (κ2) is 7.68. The van der Waals surface area contributed by atoms with Crippen molar-refractivity contribution >= 4 is 23.6 Å². The molecule has 0 atom stereocenters. The molecular formula is C17H23NO3S. The highest BCUT2D eigenvalue weighted by Gasteiger charge is 2.29. The number of amides is 1. The molecule has 22 heavy (non-hydrogen) atoms. The van der Waals surface area contributed by atoms with Gasteiger partial charge in [-0.1, -0.05) is 44.5 Å². The zero-order valence-electron chi connectivity index (χ0n) is 13.1. The maximum atomic E-state index is 11.8. The first kappa shape index (κ1) is 16.9. The van der Waals surface area contributed by atoms with Crippen LogP contribution < -0.4 is 0 Å². The number of hydrogen-bond acceptors (Lipinski definition) is 3. The number of aliphatic carboxylic acids is 1. The Morgan fingerprint density at radius 1 is 1.27 bits per heavy atom. The molecule has 0 unspecified atom stereocenters. The van der Waals surface area contributed by atoms with Crippen LogP contribution in [-0.4, -0.2) is 34.5 Å². The van der Waals surface area contributed by atoms with Crippen molar-refractivity contribution in [2.75, 3.05) is 6.54 Å². The Labute approximate surface area is 135 Å². The first-order valence-electron chi connectivity index (χ1n) is 7.77. The third kappa shape index (κ3) is 4.50. The molecule has 1 N–H and O–H groups in total. The third-order valence-corrected chi connectivity index (χ3v) is 4.87. The van der Waals surface area contributed by atoms with Crippen molar-refractivity contribution in [2.24, 2.45) is 5.92 Å². The number of fused-ring (bicyclic) bond motifs is 2. The molecule has 5 heteroatoms. The number of benzene rings is 1. The van der Waals surface area contributed by atoms with Crippen molar-refractivity contribution in [2.45, 2.75) is 55.4 Å². The van der Waals surface area contributed by atoms with E-state index >= 15 is 0 Å². The average Bonchev–Trinajstić information content (AvgIpc) is 2.98. The van der Waals surface area contributed by atoms with Crippen LogP contribution in [0.2, 0.25) is 0 Å². The predicted octanol–water partition coefficient (Wildman–Crippen LogP) is 3.65. The molecule has 0 spiro atoms. The summed E-state index contributed by atoms with van der Waals surface area (Å²) in [6, 6.07) is 8.66. The van der Waals surface area contributed by atoms with Crippen LogP contribution in [0.5, 0.6) is 0 Å². The molecule has 120 valence electrons. The van der Waals surface area contributed by atoms with Crippen molar-refractivity contribution in [3.8, 4) is 0 Å². The molecule has 0 radical (unpaired) electrons. The third-order valence-electron chi connectivity index (χ3n) is 3.89. The quantitative estimate of drug-likeness (QED) is 0.934. The lowest BCUT2D eigenvalue weighted by Crippen LogP contribution is -2.44. The number of rotatable bonds is 4. The van der Waals surface area contributed by atoms with Gasteiger partial charge in [0.05, 0.1) is 0 Å². The molecule has 1 aliphatic carbocycles. The van der Waals surface area contributed by atoms with Crippen LogP contribution in [0.15, 0.2) is 34.1 Å². The van der Waals surface area contributed by atoms with E-state index in [-0.39, 0.29) is 24.4 Å². The number of carboxylic acid groups (broad SMARTS) is 1. The first-order chi connectivity index (χ1) is 10.5. The van der Waals surface area contributed by atoms with E-state index in [1.54, 1.807) is 4.90 Å². The molecule has 0 aromatic heterocycles. The van der Waals surface area contributed by atoms with Crippen molar-refractivity contribution in [1.29, 1.82) is 0 Å².